The Bertz CT molecular complexity index is 378. The molecule has 1 aromatic carbocycles. The number of hydrogen-bond donors (Lipinski definition) is 3. The van der Waals surface area contributed by atoms with Crippen LogP contribution in [0.4, 0.5) is 0 Å². The van der Waals surface area contributed by atoms with Gasteiger partial charge in [0.15, 0.2) is 6.29 Å². The minimum atomic E-state index is -1.55. The molecule has 0 amide bonds. The first-order valence-electron chi connectivity index (χ1n) is 5.85. The van der Waals surface area contributed by atoms with Crippen molar-refractivity contribution in [1.82, 2.24) is 0 Å². The normalized spacial score (nSPS) is 35.9. The summed E-state index contributed by atoms with van der Waals surface area (Å²) < 4.78 is 10.3. The lowest BCUT2D eigenvalue weighted by atomic mass is 9.88. The molecule has 1 saturated heterocycles. The van der Waals surface area contributed by atoms with Crippen LogP contribution in [0.5, 0.6) is 0 Å². The molecular weight excluding hydrogens is 236 g/mol. The second-order valence-electron chi connectivity index (χ2n) is 4.52. The number of benzene rings is 1. The van der Waals surface area contributed by atoms with Crippen molar-refractivity contribution >= 4 is 0 Å². The molecule has 4 atom stereocenters. The summed E-state index contributed by atoms with van der Waals surface area (Å²) in [5, 5.41) is 29.7. The fourth-order valence-corrected chi connectivity index (χ4v) is 2.33. The highest BCUT2D eigenvalue weighted by molar-refractivity contribution is 5.19. The summed E-state index contributed by atoms with van der Waals surface area (Å²) in [6.07, 6.45) is -2.77. The van der Waals surface area contributed by atoms with Gasteiger partial charge in [0.2, 0.25) is 0 Å². The molecule has 1 aromatic rings. The summed E-state index contributed by atoms with van der Waals surface area (Å²) >= 11 is 0. The maximum Gasteiger partial charge on any atom is 0.189 e. The fourth-order valence-electron chi connectivity index (χ4n) is 2.33. The molecule has 0 saturated carbocycles. The third kappa shape index (κ3) is 2.28. The van der Waals surface area contributed by atoms with Crippen molar-refractivity contribution in [2.75, 3.05) is 13.7 Å². The standard InChI is InChI=1S/C13H18O5/c1-17-12-13(16,11(15)10(8-14)18-12)7-9-5-3-2-4-6-9/h2-6,10-12,14-16H,7-8H2,1H3/t10-,11-,12+,13+/m1/s1. The van der Waals surface area contributed by atoms with Gasteiger partial charge in [-0.15, -0.1) is 0 Å². The van der Waals surface area contributed by atoms with Crippen molar-refractivity contribution in [2.45, 2.75) is 30.5 Å². The quantitative estimate of drug-likeness (QED) is 0.686. The molecule has 5 nitrogen and oxygen atoms in total. The maximum absolute atomic E-state index is 10.6. The molecule has 0 bridgehead atoms. The Labute approximate surface area is 106 Å². The van der Waals surface area contributed by atoms with Crippen LogP contribution in [0, 0.1) is 0 Å². The highest BCUT2D eigenvalue weighted by Gasteiger charge is 2.55. The van der Waals surface area contributed by atoms with Crippen LogP contribution in [0.25, 0.3) is 0 Å². The zero-order valence-corrected chi connectivity index (χ0v) is 10.2. The molecule has 18 heavy (non-hydrogen) atoms. The zero-order valence-electron chi connectivity index (χ0n) is 10.2. The summed E-state index contributed by atoms with van der Waals surface area (Å²) in [6.45, 7) is -0.363. The van der Waals surface area contributed by atoms with Gasteiger partial charge in [0.1, 0.15) is 17.8 Å². The molecule has 2 rings (SSSR count). The first-order valence-corrected chi connectivity index (χ1v) is 5.85. The van der Waals surface area contributed by atoms with Gasteiger partial charge in [-0.2, -0.15) is 0 Å². The molecule has 0 unspecified atom stereocenters. The van der Waals surface area contributed by atoms with Gasteiger partial charge in [0.05, 0.1) is 6.61 Å². The van der Waals surface area contributed by atoms with E-state index in [1.54, 1.807) is 0 Å². The lowest BCUT2D eigenvalue weighted by Crippen LogP contribution is -2.51. The van der Waals surface area contributed by atoms with E-state index in [9.17, 15) is 10.2 Å². The molecule has 1 aliphatic rings. The van der Waals surface area contributed by atoms with Crippen LogP contribution in [-0.2, 0) is 15.9 Å². The predicted molar refractivity (Wildman–Crippen MR) is 63.9 cm³/mol. The molecule has 0 aliphatic carbocycles. The molecule has 5 heteroatoms. The summed E-state index contributed by atoms with van der Waals surface area (Å²) in [5.74, 6) is 0. The van der Waals surface area contributed by atoms with Crippen molar-refractivity contribution in [1.29, 1.82) is 0 Å². The number of methoxy groups -OCH3 is 1. The third-order valence-corrected chi connectivity index (χ3v) is 3.30. The van der Waals surface area contributed by atoms with Crippen LogP contribution in [0.2, 0.25) is 0 Å². The fraction of sp³-hybridized carbons (Fsp3) is 0.538. The Morgan fingerprint density at radius 2 is 2.00 bits per heavy atom. The van der Waals surface area contributed by atoms with Crippen molar-refractivity contribution < 1.29 is 24.8 Å². The highest BCUT2D eigenvalue weighted by atomic mass is 16.7. The number of aliphatic hydroxyl groups is 3. The monoisotopic (exact) mass is 254 g/mol. The Morgan fingerprint density at radius 3 is 2.56 bits per heavy atom. The van der Waals surface area contributed by atoms with E-state index in [0.717, 1.165) is 5.56 Å². The number of hydrogen-bond acceptors (Lipinski definition) is 5. The average molecular weight is 254 g/mol. The van der Waals surface area contributed by atoms with Gasteiger partial charge in [0, 0.05) is 13.5 Å². The largest absolute Gasteiger partial charge is 0.394 e. The Kier molecular flexibility index (Phi) is 3.99. The van der Waals surface area contributed by atoms with Gasteiger partial charge in [-0.1, -0.05) is 30.3 Å². The Morgan fingerprint density at radius 1 is 1.33 bits per heavy atom. The van der Waals surface area contributed by atoms with Crippen molar-refractivity contribution in [3.63, 3.8) is 0 Å². The molecule has 1 fully saturated rings. The number of aliphatic hydroxyl groups excluding tert-OH is 2. The van der Waals surface area contributed by atoms with Crippen LogP contribution in [-0.4, -0.2) is 53.1 Å². The van der Waals surface area contributed by atoms with E-state index in [1.165, 1.54) is 7.11 Å². The third-order valence-electron chi connectivity index (χ3n) is 3.30. The molecule has 3 N–H and O–H groups in total. The zero-order chi connectivity index (χ0) is 13.2. The van der Waals surface area contributed by atoms with Gasteiger partial charge in [-0.25, -0.2) is 0 Å². The lowest BCUT2D eigenvalue weighted by molar-refractivity contribution is -0.193. The van der Waals surface area contributed by atoms with Gasteiger partial charge >= 0.3 is 0 Å². The smallest absolute Gasteiger partial charge is 0.189 e. The van der Waals surface area contributed by atoms with E-state index in [4.69, 9.17) is 14.6 Å². The van der Waals surface area contributed by atoms with E-state index < -0.39 is 24.1 Å². The summed E-state index contributed by atoms with van der Waals surface area (Å²) in [5.41, 5.74) is -0.688. The molecule has 100 valence electrons. The van der Waals surface area contributed by atoms with Crippen molar-refractivity contribution in [3.05, 3.63) is 35.9 Å². The van der Waals surface area contributed by atoms with E-state index >= 15 is 0 Å². The number of rotatable bonds is 4. The SMILES string of the molecule is CO[C@H]1O[C@H](CO)[C@@H](O)[C@@]1(O)Cc1ccccc1. The van der Waals surface area contributed by atoms with Crippen LogP contribution < -0.4 is 0 Å². The molecule has 0 spiro atoms. The summed E-state index contributed by atoms with van der Waals surface area (Å²) in [7, 11) is 1.40. The average Bonchev–Trinajstić information content (AvgIpc) is 2.63. The van der Waals surface area contributed by atoms with E-state index in [0.29, 0.717) is 0 Å². The van der Waals surface area contributed by atoms with Crippen LogP contribution in [0.15, 0.2) is 30.3 Å². The minimum absolute atomic E-state index is 0.198. The summed E-state index contributed by atoms with van der Waals surface area (Å²) in [6, 6.07) is 9.28. The predicted octanol–water partition coefficient (Wildman–Crippen LogP) is -0.315. The van der Waals surface area contributed by atoms with E-state index in [2.05, 4.69) is 0 Å². The molecular formula is C13H18O5. The van der Waals surface area contributed by atoms with Crippen molar-refractivity contribution in [3.8, 4) is 0 Å². The number of ether oxygens (including phenoxy) is 2. The van der Waals surface area contributed by atoms with Crippen LogP contribution >= 0.6 is 0 Å². The van der Waals surface area contributed by atoms with Gasteiger partial charge in [-0.3, -0.25) is 0 Å². The molecule has 0 radical (unpaired) electrons. The molecule has 1 heterocycles. The second kappa shape index (κ2) is 5.34. The van der Waals surface area contributed by atoms with Gasteiger partial charge in [-0.05, 0) is 5.56 Å². The first-order chi connectivity index (χ1) is 8.61. The topological polar surface area (TPSA) is 79.2 Å². The van der Waals surface area contributed by atoms with Crippen molar-refractivity contribution in [2.24, 2.45) is 0 Å². The van der Waals surface area contributed by atoms with Gasteiger partial charge < -0.3 is 24.8 Å². The molecule has 1 aliphatic heterocycles. The molecule has 0 aromatic heterocycles. The lowest BCUT2D eigenvalue weighted by Gasteiger charge is -2.30. The van der Waals surface area contributed by atoms with E-state index in [1.807, 2.05) is 30.3 Å². The maximum atomic E-state index is 10.6. The van der Waals surface area contributed by atoms with Crippen LogP contribution in [0.1, 0.15) is 5.56 Å². The van der Waals surface area contributed by atoms with Gasteiger partial charge in [0.25, 0.3) is 0 Å². The van der Waals surface area contributed by atoms with Crippen LogP contribution in [0.3, 0.4) is 0 Å². The Balaban J connectivity index is 2.22. The first kappa shape index (κ1) is 13.5. The highest BCUT2D eigenvalue weighted by Crippen LogP contribution is 2.34. The van der Waals surface area contributed by atoms with E-state index in [-0.39, 0.29) is 13.0 Å². The Hall–Kier alpha value is -0.980. The second-order valence-corrected chi connectivity index (χ2v) is 4.52. The minimum Gasteiger partial charge on any atom is -0.394 e. The summed E-state index contributed by atoms with van der Waals surface area (Å²) in [4.78, 5) is 0.